The molecule has 0 unspecified atom stereocenters. The SMILES string of the molecule is Cc1nc(-c2ccc(CCNC(=O)CCn3[nH]c(=O)c4ccccc4c3=O)cc2)cs1. The molecule has 31 heavy (non-hydrogen) atoms. The largest absolute Gasteiger partial charge is 0.356 e. The van der Waals surface area contributed by atoms with E-state index in [2.05, 4.69) is 15.4 Å². The van der Waals surface area contributed by atoms with Crippen molar-refractivity contribution in [1.29, 1.82) is 0 Å². The third kappa shape index (κ3) is 4.80. The average molecular weight is 435 g/mol. The number of aromatic nitrogens is 3. The van der Waals surface area contributed by atoms with Gasteiger partial charge in [0.1, 0.15) is 0 Å². The molecule has 0 saturated carbocycles. The van der Waals surface area contributed by atoms with Gasteiger partial charge >= 0.3 is 0 Å². The molecule has 0 spiro atoms. The smallest absolute Gasteiger partial charge is 0.273 e. The third-order valence-corrected chi connectivity index (χ3v) is 5.82. The van der Waals surface area contributed by atoms with Crippen LogP contribution in [0.4, 0.5) is 0 Å². The second-order valence-corrected chi connectivity index (χ2v) is 8.30. The molecule has 2 N–H and O–H groups in total. The van der Waals surface area contributed by atoms with E-state index in [1.165, 1.54) is 4.68 Å². The summed E-state index contributed by atoms with van der Waals surface area (Å²) in [4.78, 5) is 41.3. The van der Waals surface area contributed by atoms with E-state index in [9.17, 15) is 14.4 Å². The standard InChI is InChI=1S/C23H22N4O3S/c1-15-25-20(14-31-15)17-8-6-16(7-9-17)10-12-24-21(28)11-13-27-23(30)19-5-3-2-4-18(19)22(29)26-27/h2-9,14H,10-13H2,1H3,(H,24,28)(H,26,29). The average Bonchev–Trinajstić information content (AvgIpc) is 3.22. The fourth-order valence-electron chi connectivity index (χ4n) is 3.39. The van der Waals surface area contributed by atoms with E-state index in [4.69, 9.17) is 0 Å². The summed E-state index contributed by atoms with van der Waals surface area (Å²) in [5.41, 5.74) is 2.52. The molecule has 158 valence electrons. The van der Waals surface area contributed by atoms with Crippen molar-refractivity contribution in [3.63, 3.8) is 0 Å². The van der Waals surface area contributed by atoms with E-state index in [1.54, 1.807) is 35.6 Å². The Labute approximate surface area is 182 Å². The summed E-state index contributed by atoms with van der Waals surface area (Å²) < 4.78 is 1.20. The van der Waals surface area contributed by atoms with Crippen LogP contribution in [0.2, 0.25) is 0 Å². The Morgan fingerprint density at radius 3 is 2.55 bits per heavy atom. The van der Waals surface area contributed by atoms with E-state index in [0.717, 1.165) is 21.8 Å². The minimum absolute atomic E-state index is 0.107. The molecule has 0 radical (unpaired) electrons. The Kier molecular flexibility index (Phi) is 6.08. The van der Waals surface area contributed by atoms with Gasteiger partial charge in [-0.15, -0.1) is 11.3 Å². The predicted molar refractivity (Wildman–Crippen MR) is 122 cm³/mol. The summed E-state index contributed by atoms with van der Waals surface area (Å²) in [6, 6.07) is 14.8. The van der Waals surface area contributed by atoms with Crippen molar-refractivity contribution in [1.82, 2.24) is 20.1 Å². The quantitative estimate of drug-likeness (QED) is 0.467. The highest BCUT2D eigenvalue weighted by molar-refractivity contribution is 7.09. The highest BCUT2D eigenvalue weighted by Crippen LogP contribution is 2.21. The zero-order valence-corrected chi connectivity index (χ0v) is 17.9. The van der Waals surface area contributed by atoms with E-state index >= 15 is 0 Å². The Morgan fingerprint density at radius 1 is 1.10 bits per heavy atom. The lowest BCUT2D eigenvalue weighted by Crippen LogP contribution is -2.33. The van der Waals surface area contributed by atoms with Crippen LogP contribution in [0.25, 0.3) is 22.0 Å². The molecule has 0 aliphatic heterocycles. The van der Waals surface area contributed by atoms with Gasteiger partial charge in [-0.3, -0.25) is 19.5 Å². The summed E-state index contributed by atoms with van der Waals surface area (Å²) in [5.74, 6) is -0.171. The minimum atomic E-state index is -0.341. The summed E-state index contributed by atoms with van der Waals surface area (Å²) in [6.45, 7) is 2.60. The van der Waals surface area contributed by atoms with Gasteiger partial charge in [0.15, 0.2) is 0 Å². The molecular formula is C23H22N4O3S. The maximum atomic E-state index is 12.5. The second-order valence-electron chi connectivity index (χ2n) is 7.24. The second kappa shape index (κ2) is 9.09. The Morgan fingerprint density at radius 2 is 1.84 bits per heavy atom. The lowest BCUT2D eigenvalue weighted by Gasteiger charge is -2.08. The van der Waals surface area contributed by atoms with Gasteiger partial charge in [-0.2, -0.15) is 0 Å². The number of nitrogens with zero attached hydrogens (tertiary/aromatic N) is 2. The first-order valence-corrected chi connectivity index (χ1v) is 10.9. The van der Waals surface area contributed by atoms with E-state index in [1.807, 2.05) is 36.6 Å². The number of carbonyl (C=O) groups excluding carboxylic acids is 1. The molecule has 2 heterocycles. The highest BCUT2D eigenvalue weighted by atomic mass is 32.1. The number of rotatable bonds is 7. The Bertz CT molecular complexity index is 1340. The molecule has 2 aromatic carbocycles. The number of amides is 1. The van der Waals surface area contributed by atoms with Crippen LogP contribution in [0.15, 0.2) is 63.5 Å². The number of hydrogen-bond acceptors (Lipinski definition) is 5. The lowest BCUT2D eigenvalue weighted by atomic mass is 10.1. The number of aromatic amines is 1. The van der Waals surface area contributed by atoms with Gasteiger partial charge in [0, 0.05) is 23.9 Å². The van der Waals surface area contributed by atoms with Crippen LogP contribution in [0, 0.1) is 6.92 Å². The highest BCUT2D eigenvalue weighted by Gasteiger charge is 2.09. The molecule has 0 bridgehead atoms. The number of fused-ring (bicyclic) bond motifs is 1. The first kappa shape index (κ1) is 20.7. The summed E-state index contributed by atoms with van der Waals surface area (Å²) in [5, 5.41) is 9.19. The number of carbonyl (C=O) groups is 1. The molecule has 4 aromatic rings. The van der Waals surface area contributed by atoms with Gasteiger partial charge in [0.2, 0.25) is 5.91 Å². The fourth-order valence-corrected chi connectivity index (χ4v) is 4.01. The first-order chi connectivity index (χ1) is 15.0. The van der Waals surface area contributed by atoms with Crippen LogP contribution in [-0.4, -0.2) is 27.2 Å². The molecule has 2 aromatic heterocycles. The van der Waals surface area contributed by atoms with Crippen molar-refractivity contribution in [2.24, 2.45) is 0 Å². The lowest BCUT2D eigenvalue weighted by molar-refractivity contribution is -0.121. The Balaban J connectivity index is 1.29. The Hall–Kier alpha value is -3.52. The normalized spacial score (nSPS) is 11.0. The maximum Gasteiger partial charge on any atom is 0.273 e. The molecular weight excluding hydrogens is 412 g/mol. The van der Waals surface area contributed by atoms with Crippen molar-refractivity contribution in [3.8, 4) is 11.3 Å². The van der Waals surface area contributed by atoms with Crippen LogP contribution < -0.4 is 16.4 Å². The number of thiazole rings is 1. The van der Waals surface area contributed by atoms with Crippen LogP contribution in [-0.2, 0) is 17.8 Å². The van der Waals surface area contributed by atoms with Crippen molar-refractivity contribution < 1.29 is 4.79 Å². The van der Waals surface area contributed by atoms with Crippen LogP contribution in [0.3, 0.4) is 0 Å². The van der Waals surface area contributed by atoms with E-state index in [0.29, 0.717) is 23.7 Å². The zero-order chi connectivity index (χ0) is 21.8. The number of hydrogen-bond donors (Lipinski definition) is 2. The van der Waals surface area contributed by atoms with Gasteiger partial charge in [-0.25, -0.2) is 9.67 Å². The van der Waals surface area contributed by atoms with Gasteiger partial charge in [0.25, 0.3) is 11.1 Å². The van der Waals surface area contributed by atoms with Gasteiger partial charge < -0.3 is 5.32 Å². The molecule has 0 aliphatic carbocycles. The predicted octanol–water partition coefficient (Wildman–Crippen LogP) is 2.87. The van der Waals surface area contributed by atoms with Gasteiger partial charge in [-0.05, 0) is 31.0 Å². The topological polar surface area (TPSA) is 96.8 Å². The summed E-state index contributed by atoms with van der Waals surface area (Å²) in [6.07, 6.45) is 0.811. The van der Waals surface area contributed by atoms with E-state index < -0.39 is 0 Å². The molecule has 0 saturated heterocycles. The minimum Gasteiger partial charge on any atom is -0.356 e. The van der Waals surface area contributed by atoms with Crippen molar-refractivity contribution in [3.05, 3.63) is 85.2 Å². The van der Waals surface area contributed by atoms with Crippen molar-refractivity contribution in [2.45, 2.75) is 26.3 Å². The zero-order valence-electron chi connectivity index (χ0n) is 17.1. The first-order valence-electron chi connectivity index (χ1n) is 10.0. The molecule has 0 aliphatic rings. The van der Waals surface area contributed by atoms with Crippen LogP contribution in [0.1, 0.15) is 17.0 Å². The number of nitrogens with one attached hydrogen (secondary N) is 2. The number of aryl methyl sites for hydroxylation is 2. The van der Waals surface area contributed by atoms with E-state index in [-0.39, 0.29) is 30.0 Å². The molecule has 4 rings (SSSR count). The molecule has 7 nitrogen and oxygen atoms in total. The maximum absolute atomic E-state index is 12.5. The molecule has 0 fully saturated rings. The molecule has 0 atom stereocenters. The van der Waals surface area contributed by atoms with Gasteiger partial charge in [0.05, 0.1) is 28.0 Å². The van der Waals surface area contributed by atoms with Gasteiger partial charge in [-0.1, -0.05) is 36.4 Å². The van der Waals surface area contributed by atoms with Crippen LogP contribution in [0.5, 0.6) is 0 Å². The van der Waals surface area contributed by atoms with Crippen LogP contribution >= 0.6 is 11.3 Å². The summed E-state index contributed by atoms with van der Waals surface area (Å²) in [7, 11) is 0. The monoisotopic (exact) mass is 434 g/mol. The third-order valence-electron chi connectivity index (χ3n) is 5.05. The summed E-state index contributed by atoms with van der Waals surface area (Å²) >= 11 is 1.63. The van der Waals surface area contributed by atoms with Crippen molar-refractivity contribution >= 4 is 28.0 Å². The van der Waals surface area contributed by atoms with Crippen molar-refractivity contribution in [2.75, 3.05) is 6.54 Å². The fraction of sp³-hybridized carbons (Fsp3) is 0.217. The molecule has 8 heteroatoms. The number of H-pyrrole nitrogens is 1. The molecule has 1 amide bonds. The number of benzene rings is 2.